The van der Waals surface area contributed by atoms with Gasteiger partial charge >= 0.3 is 0 Å². The van der Waals surface area contributed by atoms with E-state index in [0.29, 0.717) is 30.0 Å². The summed E-state index contributed by atoms with van der Waals surface area (Å²) < 4.78 is 5.81. The van der Waals surface area contributed by atoms with Gasteiger partial charge in [0.1, 0.15) is 11.5 Å². The maximum Gasteiger partial charge on any atom is 0.145 e. The number of Topliss-reactive ketones (excluding diaryl/α,β-unsaturated/α-hetero) is 1. The van der Waals surface area contributed by atoms with Crippen molar-refractivity contribution in [3.63, 3.8) is 0 Å². The minimum atomic E-state index is -0.0625. The number of nitrogens with zero attached hydrogens (tertiary/aromatic N) is 1. The molecule has 1 heterocycles. The highest BCUT2D eigenvalue weighted by Gasteiger charge is 2.72. The summed E-state index contributed by atoms with van der Waals surface area (Å²) in [6.07, 6.45) is 11.5. The molecule has 6 rings (SSSR count). The first kappa shape index (κ1) is 24.2. The van der Waals surface area contributed by atoms with Crippen LogP contribution in [-0.2, 0) is 16.6 Å². The van der Waals surface area contributed by atoms with Crippen molar-refractivity contribution < 1.29 is 14.4 Å². The fourth-order valence-corrected chi connectivity index (χ4v) is 11.4. The van der Waals surface area contributed by atoms with Gasteiger partial charge in [0.15, 0.2) is 0 Å². The molecule has 1 aromatic rings. The Kier molecular flexibility index (Phi) is 4.86. The first-order valence-corrected chi connectivity index (χ1v) is 14.3. The molecule has 0 aromatic carbocycles. The quantitative estimate of drug-likeness (QED) is 0.482. The van der Waals surface area contributed by atoms with Crippen molar-refractivity contribution >= 4 is 5.78 Å². The number of rotatable bonds is 1. The van der Waals surface area contributed by atoms with Crippen LogP contribution in [0.5, 0.6) is 0 Å². The molecule has 1 aromatic heterocycles. The third-order valence-electron chi connectivity index (χ3n) is 13.4. The fraction of sp³-hybridized carbons (Fsp3) is 0.871. The third-order valence-corrected chi connectivity index (χ3v) is 13.4. The number of fused-ring (bicyclic) bond motifs is 8. The lowest BCUT2D eigenvalue weighted by Gasteiger charge is -2.72. The van der Waals surface area contributed by atoms with Gasteiger partial charge in [0.05, 0.1) is 6.20 Å². The average molecular weight is 482 g/mol. The normalized spacial score (nSPS) is 49.8. The molecule has 0 aliphatic heterocycles. The largest absolute Gasteiger partial charge is 0.396 e. The van der Waals surface area contributed by atoms with Crippen LogP contribution >= 0.6 is 0 Å². The van der Waals surface area contributed by atoms with Crippen molar-refractivity contribution in [1.82, 2.24) is 5.16 Å². The number of ketones is 1. The maximum atomic E-state index is 14.4. The third kappa shape index (κ3) is 2.84. The summed E-state index contributed by atoms with van der Waals surface area (Å²) in [6.45, 7) is 17.3. The van der Waals surface area contributed by atoms with E-state index >= 15 is 0 Å². The number of aliphatic hydroxyl groups is 1. The van der Waals surface area contributed by atoms with E-state index in [4.69, 9.17) is 4.52 Å². The van der Waals surface area contributed by atoms with Crippen LogP contribution in [0.4, 0.5) is 0 Å². The number of hydrogen-bond acceptors (Lipinski definition) is 4. The minimum absolute atomic E-state index is 0.00317. The average Bonchev–Trinajstić information content (AvgIpc) is 3.24. The van der Waals surface area contributed by atoms with Gasteiger partial charge in [0.25, 0.3) is 0 Å². The molecular formula is C31H47NO3. The lowest BCUT2D eigenvalue weighted by molar-refractivity contribution is -0.232. The second-order valence-corrected chi connectivity index (χ2v) is 15.7. The van der Waals surface area contributed by atoms with Crippen LogP contribution in [0.1, 0.15) is 111 Å². The van der Waals surface area contributed by atoms with Gasteiger partial charge in [-0.15, -0.1) is 0 Å². The second kappa shape index (κ2) is 7.03. The predicted octanol–water partition coefficient (Wildman–Crippen LogP) is 6.74. The van der Waals surface area contributed by atoms with Crippen LogP contribution < -0.4 is 0 Å². The second-order valence-electron chi connectivity index (χ2n) is 15.7. The SMILES string of the molecule is CC1(C)CCC2(CO)CC[C@]3(C)[C@H](C(=O)C[C@@H]4[C@@]5(C)Cc6cnoc6C(C)(C)[C@@H]5CC[C@]43C)[C@@H]2C1. The van der Waals surface area contributed by atoms with Crippen molar-refractivity contribution in [1.29, 1.82) is 0 Å². The summed E-state index contributed by atoms with van der Waals surface area (Å²) in [6, 6.07) is 0. The van der Waals surface area contributed by atoms with Crippen molar-refractivity contribution in [2.75, 3.05) is 6.61 Å². The molecular weight excluding hydrogens is 434 g/mol. The molecule has 4 nitrogen and oxygen atoms in total. The number of aromatic nitrogens is 1. The number of aliphatic hydroxyl groups excluding tert-OH is 1. The summed E-state index contributed by atoms with van der Waals surface area (Å²) in [7, 11) is 0. The summed E-state index contributed by atoms with van der Waals surface area (Å²) in [4.78, 5) is 14.4. The Morgan fingerprint density at radius 1 is 0.971 bits per heavy atom. The molecule has 0 amide bonds. The monoisotopic (exact) mass is 481 g/mol. The van der Waals surface area contributed by atoms with Gasteiger partial charge in [-0.25, -0.2) is 0 Å². The Bertz CT molecular complexity index is 1060. The van der Waals surface area contributed by atoms with Gasteiger partial charge in [-0.2, -0.15) is 0 Å². The highest BCUT2D eigenvalue weighted by atomic mass is 16.5. The van der Waals surface area contributed by atoms with E-state index in [1.54, 1.807) is 0 Å². The van der Waals surface area contributed by atoms with Crippen LogP contribution in [0.25, 0.3) is 0 Å². The summed E-state index contributed by atoms with van der Waals surface area (Å²) >= 11 is 0. The highest BCUT2D eigenvalue weighted by molar-refractivity contribution is 5.84. The maximum absolute atomic E-state index is 14.4. The molecule has 5 aliphatic rings. The topological polar surface area (TPSA) is 63.3 Å². The first-order valence-electron chi connectivity index (χ1n) is 14.3. The standard InChI is InChI=1S/C31H47NO3/c1-26(2)10-12-31(18-33)13-11-30(7)24(20(31)16-26)21(34)14-23-28(5)15-19-17-32-35-25(19)27(3,4)22(28)8-9-29(23,30)6/h17,20,22-24,33H,8-16,18H2,1-7H3/t20-,22-,23+,24-,28-,29+,30+,31?/m0/s1. The molecule has 194 valence electrons. The molecule has 0 bridgehead atoms. The van der Waals surface area contributed by atoms with Crippen LogP contribution in [0.2, 0.25) is 0 Å². The van der Waals surface area contributed by atoms with Gasteiger partial charge in [-0.05, 0) is 96.2 Å². The zero-order valence-corrected chi connectivity index (χ0v) is 23.2. The van der Waals surface area contributed by atoms with E-state index in [0.717, 1.165) is 44.3 Å². The van der Waals surface area contributed by atoms with Crippen LogP contribution in [0, 0.1) is 50.7 Å². The molecule has 5 aliphatic carbocycles. The van der Waals surface area contributed by atoms with E-state index in [1.807, 2.05) is 6.20 Å². The molecule has 8 atom stereocenters. The smallest absolute Gasteiger partial charge is 0.145 e. The molecule has 35 heavy (non-hydrogen) atoms. The Labute approximate surface area is 212 Å². The Balaban J connectivity index is 1.45. The summed E-state index contributed by atoms with van der Waals surface area (Å²) in [5, 5.41) is 14.9. The van der Waals surface area contributed by atoms with E-state index in [-0.39, 0.29) is 45.0 Å². The molecule has 4 saturated carbocycles. The lowest BCUT2D eigenvalue weighted by atomic mass is 9.31. The molecule has 0 saturated heterocycles. The van der Waals surface area contributed by atoms with Gasteiger partial charge < -0.3 is 9.63 Å². The van der Waals surface area contributed by atoms with Crippen LogP contribution in [0.3, 0.4) is 0 Å². The molecule has 1 unspecified atom stereocenters. The van der Waals surface area contributed by atoms with Crippen molar-refractivity contribution in [3.8, 4) is 0 Å². The summed E-state index contributed by atoms with van der Waals surface area (Å²) in [5.74, 6) is 2.86. The molecule has 0 spiro atoms. The zero-order chi connectivity index (χ0) is 25.2. The molecule has 4 fully saturated rings. The predicted molar refractivity (Wildman–Crippen MR) is 137 cm³/mol. The summed E-state index contributed by atoms with van der Waals surface area (Å²) in [5.41, 5.74) is 1.59. The Morgan fingerprint density at radius 3 is 2.40 bits per heavy atom. The number of carbonyl (C=O) groups is 1. The van der Waals surface area contributed by atoms with E-state index in [9.17, 15) is 9.90 Å². The Morgan fingerprint density at radius 2 is 1.69 bits per heavy atom. The highest BCUT2D eigenvalue weighted by Crippen LogP contribution is 2.75. The number of carbonyl (C=O) groups excluding carboxylic acids is 1. The van der Waals surface area contributed by atoms with Gasteiger partial charge in [-0.3, -0.25) is 4.79 Å². The molecule has 4 heteroatoms. The van der Waals surface area contributed by atoms with Crippen LogP contribution in [-0.4, -0.2) is 22.7 Å². The number of hydrogen-bond donors (Lipinski definition) is 1. The van der Waals surface area contributed by atoms with E-state index in [2.05, 4.69) is 53.6 Å². The minimum Gasteiger partial charge on any atom is -0.396 e. The van der Waals surface area contributed by atoms with Gasteiger partial charge in [0, 0.05) is 29.9 Å². The lowest BCUT2D eigenvalue weighted by Crippen LogP contribution is -2.69. The van der Waals surface area contributed by atoms with Crippen molar-refractivity contribution in [2.45, 2.75) is 112 Å². The van der Waals surface area contributed by atoms with E-state index < -0.39 is 0 Å². The molecule has 0 radical (unpaired) electrons. The van der Waals surface area contributed by atoms with Crippen molar-refractivity contribution in [3.05, 3.63) is 17.5 Å². The molecule has 1 N–H and O–H groups in total. The van der Waals surface area contributed by atoms with Crippen LogP contribution in [0.15, 0.2) is 10.7 Å². The van der Waals surface area contributed by atoms with Gasteiger partial charge in [-0.1, -0.05) is 53.6 Å². The van der Waals surface area contributed by atoms with Crippen molar-refractivity contribution in [2.24, 2.45) is 50.7 Å². The zero-order valence-electron chi connectivity index (χ0n) is 23.2. The Hall–Kier alpha value is -1.16. The fourth-order valence-electron chi connectivity index (χ4n) is 11.4. The van der Waals surface area contributed by atoms with E-state index in [1.165, 1.54) is 18.4 Å². The van der Waals surface area contributed by atoms with Gasteiger partial charge in [0.2, 0.25) is 0 Å². The first-order chi connectivity index (χ1) is 16.2.